The first-order chi connectivity index (χ1) is 12.5. The van der Waals surface area contributed by atoms with E-state index in [1.165, 1.54) is 18.9 Å². The Labute approximate surface area is 151 Å². The van der Waals surface area contributed by atoms with Crippen LogP contribution in [0.5, 0.6) is 17.2 Å². The lowest BCUT2D eigenvalue weighted by atomic mass is 10.1. The molecular formula is C19H20N2O5. The number of hydrogen-bond donors (Lipinski definition) is 1. The summed E-state index contributed by atoms with van der Waals surface area (Å²) in [6.45, 7) is 1.59. The highest BCUT2D eigenvalue weighted by Gasteiger charge is 2.32. The Balaban J connectivity index is 1.84. The van der Waals surface area contributed by atoms with Crippen molar-refractivity contribution in [3.8, 4) is 17.2 Å². The highest BCUT2D eigenvalue weighted by atomic mass is 16.5. The van der Waals surface area contributed by atoms with Gasteiger partial charge in [0.05, 0.1) is 32.1 Å². The number of anilines is 2. The predicted molar refractivity (Wildman–Crippen MR) is 97.1 cm³/mol. The first-order valence-corrected chi connectivity index (χ1v) is 8.10. The Morgan fingerprint density at radius 3 is 2.62 bits per heavy atom. The van der Waals surface area contributed by atoms with Crippen LogP contribution in [0.25, 0.3) is 0 Å². The molecule has 1 aliphatic rings. The van der Waals surface area contributed by atoms with Crippen molar-refractivity contribution >= 4 is 23.2 Å². The molecule has 0 aliphatic carbocycles. The van der Waals surface area contributed by atoms with E-state index >= 15 is 0 Å². The fourth-order valence-electron chi connectivity index (χ4n) is 2.79. The molecule has 1 N–H and O–H groups in total. The number of methoxy groups -OCH3 is 2. The highest BCUT2D eigenvalue weighted by molar-refractivity contribution is 6.00. The molecule has 26 heavy (non-hydrogen) atoms. The monoisotopic (exact) mass is 356 g/mol. The molecule has 0 aromatic heterocycles. The van der Waals surface area contributed by atoms with Crippen LogP contribution >= 0.6 is 0 Å². The summed E-state index contributed by atoms with van der Waals surface area (Å²) in [6.07, 6.45) is -0.843. The minimum absolute atomic E-state index is 0.129. The molecule has 3 rings (SSSR count). The third-order valence-corrected chi connectivity index (χ3v) is 4.11. The molecule has 1 unspecified atom stereocenters. The number of fused-ring (bicyclic) bond motifs is 1. The van der Waals surface area contributed by atoms with E-state index in [2.05, 4.69) is 5.32 Å². The molecule has 0 fully saturated rings. The molecule has 0 saturated carbocycles. The van der Waals surface area contributed by atoms with Gasteiger partial charge in [0.2, 0.25) is 5.91 Å². The summed E-state index contributed by atoms with van der Waals surface area (Å²) >= 11 is 0. The third-order valence-electron chi connectivity index (χ3n) is 4.11. The van der Waals surface area contributed by atoms with E-state index in [0.717, 1.165) is 0 Å². The molecule has 2 amide bonds. The lowest BCUT2D eigenvalue weighted by Crippen LogP contribution is -2.48. The maximum atomic E-state index is 12.7. The van der Waals surface area contributed by atoms with Gasteiger partial charge in [-0.2, -0.15) is 0 Å². The van der Waals surface area contributed by atoms with Crippen LogP contribution in [-0.2, 0) is 9.59 Å². The number of benzene rings is 2. The number of ether oxygens (including phenoxy) is 3. The number of rotatable bonds is 4. The second-order valence-electron chi connectivity index (χ2n) is 5.76. The summed E-state index contributed by atoms with van der Waals surface area (Å²) in [6, 6.07) is 12.2. The summed E-state index contributed by atoms with van der Waals surface area (Å²) in [5.41, 5.74) is 1.12. The van der Waals surface area contributed by atoms with Crippen LogP contribution in [0.3, 0.4) is 0 Å². The van der Waals surface area contributed by atoms with Gasteiger partial charge >= 0.3 is 0 Å². The predicted octanol–water partition coefficient (Wildman–Crippen LogP) is 2.46. The number of hydrogen-bond acceptors (Lipinski definition) is 5. The van der Waals surface area contributed by atoms with Gasteiger partial charge in [-0.25, -0.2) is 0 Å². The van der Waals surface area contributed by atoms with E-state index in [4.69, 9.17) is 14.2 Å². The first-order valence-electron chi connectivity index (χ1n) is 8.10. The molecule has 0 radical (unpaired) electrons. The van der Waals surface area contributed by atoms with Crippen LogP contribution in [0, 0.1) is 0 Å². The zero-order chi connectivity index (χ0) is 18.7. The summed E-state index contributed by atoms with van der Waals surface area (Å²) in [5, 5.41) is 2.79. The molecule has 1 aliphatic heterocycles. The normalized spacial score (nSPS) is 15.5. The fourth-order valence-corrected chi connectivity index (χ4v) is 2.79. The van der Waals surface area contributed by atoms with Crippen LogP contribution in [0.4, 0.5) is 11.4 Å². The second kappa shape index (κ2) is 7.35. The fraction of sp³-hybridized carbons (Fsp3) is 0.263. The lowest BCUT2D eigenvalue weighted by Gasteiger charge is -2.33. The maximum absolute atomic E-state index is 12.7. The van der Waals surface area contributed by atoms with E-state index in [1.807, 2.05) is 6.07 Å². The molecule has 0 bridgehead atoms. The summed E-state index contributed by atoms with van der Waals surface area (Å²) < 4.78 is 16.3. The van der Waals surface area contributed by atoms with Crippen molar-refractivity contribution < 1.29 is 23.8 Å². The standard InChI is InChI=1S/C19H20N2O5/c1-12(22)21-11-18(26-17-7-5-4-6-15(17)21)19(23)20-14-10-13(24-2)8-9-16(14)25-3/h4-10,18H,11H2,1-3H3,(H,20,23). The van der Waals surface area contributed by atoms with Crippen LogP contribution in [-0.4, -0.2) is 38.7 Å². The van der Waals surface area contributed by atoms with Crippen molar-refractivity contribution in [1.82, 2.24) is 0 Å². The van der Waals surface area contributed by atoms with E-state index in [-0.39, 0.29) is 18.4 Å². The molecule has 0 saturated heterocycles. The van der Waals surface area contributed by atoms with Crippen molar-refractivity contribution in [2.24, 2.45) is 0 Å². The van der Waals surface area contributed by atoms with Crippen molar-refractivity contribution in [2.45, 2.75) is 13.0 Å². The number of carbonyl (C=O) groups is 2. The Hall–Kier alpha value is -3.22. The van der Waals surface area contributed by atoms with Gasteiger partial charge in [0, 0.05) is 13.0 Å². The third kappa shape index (κ3) is 3.42. The summed E-state index contributed by atoms with van der Waals surface area (Å²) in [4.78, 5) is 26.3. The minimum atomic E-state index is -0.843. The van der Waals surface area contributed by atoms with Gasteiger partial charge in [-0.15, -0.1) is 0 Å². The quantitative estimate of drug-likeness (QED) is 0.911. The summed E-state index contributed by atoms with van der Waals surface area (Å²) in [7, 11) is 3.06. The lowest BCUT2D eigenvalue weighted by molar-refractivity contribution is -0.123. The van der Waals surface area contributed by atoms with E-state index in [1.54, 1.807) is 43.5 Å². The molecule has 0 spiro atoms. The largest absolute Gasteiger partial charge is 0.497 e. The molecular weight excluding hydrogens is 336 g/mol. The van der Waals surface area contributed by atoms with Gasteiger partial charge < -0.3 is 24.4 Å². The Kier molecular flexibility index (Phi) is 4.97. The maximum Gasteiger partial charge on any atom is 0.267 e. The zero-order valence-electron chi connectivity index (χ0n) is 14.8. The molecule has 136 valence electrons. The smallest absolute Gasteiger partial charge is 0.267 e. The Morgan fingerprint density at radius 2 is 1.92 bits per heavy atom. The van der Waals surface area contributed by atoms with Crippen LogP contribution in [0.15, 0.2) is 42.5 Å². The minimum Gasteiger partial charge on any atom is -0.497 e. The first kappa shape index (κ1) is 17.6. The molecule has 2 aromatic rings. The Bertz CT molecular complexity index is 836. The van der Waals surface area contributed by atoms with Gasteiger partial charge in [0.25, 0.3) is 5.91 Å². The van der Waals surface area contributed by atoms with Gasteiger partial charge in [-0.1, -0.05) is 12.1 Å². The second-order valence-corrected chi connectivity index (χ2v) is 5.76. The highest BCUT2D eigenvalue weighted by Crippen LogP contribution is 2.34. The van der Waals surface area contributed by atoms with Gasteiger partial charge in [0.15, 0.2) is 6.10 Å². The molecule has 1 heterocycles. The topological polar surface area (TPSA) is 77.1 Å². The number of carbonyl (C=O) groups excluding carboxylic acids is 2. The SMILES string of the molecule is COc1ccc(OC)c(NC(=O)C2CN(C(C)=O)c3ccccc3O2)c1. The van der Waals surface area contributed by atoms with Crippen LogP contribution in [0.2, 0.25) is 0 Å². The molecule has 7 nitrogen and oxygen atoms in total. The molecule has 2 aromatic carbocycles. The van der Waals surface area contributed by atoms with Crippen molar-refractivity contribution in [2.75, 3.05) is 31.0 Å². The van der Waals surface area contributed by atoms with Crippen molar-refractivity contribution in [1.29, 1.82) is 0 Å². The van der Waals surface area contributed by atoms with E-state index < -0.39 is 6.10 Å². The average Bonchev–Trinajstić information content (AvgIpc) is 2.66. The van der Waals surface area contributed by atoms with Crippen molar-refractivity contribution in [3.63, 3.8) is 0 Å². The van der Waals surface area contributed by atoms with Gasteiger partial charge in [-0.05, 0) is 24.3 Å². The van der Waals surface area contributed by atoms with Gasteiger partial charge in [0.1, 0.15) is 17.2 Å². The Morgan fingerprint density at radius 1 is 1.15 bits per heavy atom. The van der Waals surface area contributed by atoms with E-state index in [0.29, 0.717) is 28.6 Å². The van der Waals surface area contributed by atoms with Crippen LogP contribution < -0.4 is 24.4 Å². The van der Waals surface area contributed by atoms with Crippen molar-refractivity contribution in [3.05, 3.63) is 42.5 Å². The molecule has 1 atom stereocenters. The number of nitrogens with one attached hydrogen (secondary N) is 1. The number of para-hydroxylation sites is 2. The summed E-state index contributed by atoms with van der Waals surface area (Å²) in [5.74, 6) is 1.04. The van der Waals surface area contributed by atoms with E-state index in [9.17, 15) is 9.59 Å². The zero-order valence-corrected chi connectivity index (χ0v) is 14.8. The average molecular weight is 356 g/mol. The van der Waals surface area contributed by atoms with Gasteiger partial charge in [-0.3, -0.25) is 9.59 Å². The number of amides is 2. The van der Waals surface area contributed by atoms with Crippen LogP contribution in [0.1, 0.15) is 6.92 Å². The molecule has 7 heteroatoms. The number of nitrogens with zero attached hydrogens (tertiary/aromatic N) is 1.